The summed E-state index contributed by atoms with van der Waals surface area (Å²) in [7, 11) is 1.38. The molecule has 1 heterocycles. The second-order valence-corrected chi connectivity index (χ2v) is 4.15. The summed E-state index contributed by atoms with van der Waals surface area (Å²) in [6.45, 7) is 2.05. The largest absolute Gasteiger partial charge is 0.465 e. The minimum Gasteiger partial charge on any atom is -0.465 e. The summed E-state index contributed by atoms with van der Waals surface area (Å²) >= 11 is 0. The van der Waals surface area contributed by atoms with Crippen molar-refractivity contribution in [1.82, 2.24) is 4.98 Å². The monoisotopic (exact) mass is 241 g/mol. The van der Waals surface area contributed by atoms with Crippen LogP contribution < -0.4 is 0 Å². The average Bonchev–Trinajstić information content (AvgIpc) is 2.41. The van der Waals surface area contributed by atoms with E-state index in [1.807, 2.05) is 19.1 Å². The van der Waals surface area contributed by atoms with Crippen molar-refractivity contribution in [2.45, 2.75) is 13.3 Å². The Balaban J connectivity index is 2.28. The lowest BCUT2D eigenvalue weighted by Gasteiger charge is -2.07. The molecule has 92 valence electrons. The standard InChI is InChI=1S/C15H15NO2/c1-11-5-7-12(8-6-11)10-14-13(15(17)18-2)4-3-9-16-14/h3-9H,10H2,1-2H3. The normalized spacial score (nSPS) is 10.1. The number of hydrogen-bond acceptors (Lipinski definition) is 3. The molecule has 0 spiro atoms. The Kier molecular flexibility index (Phi) is 3.72. The minimum absolute atomic E-state index is 0.342. The molecule has 0 fully saturated rings. The highest BCUT2D eigenvalue weighted by molar-refractivity contribution is 5.90. The average molecular weight is 241 g/mol. The summed E-state index contributed by atoms with van der Waals surface area (Å²) in [6, 6.07) is 11.7. The van der Waals surface area contributed by atoms with E-state index in [0.29, 0.717) is 12.0 Å². The van der Waals surface area contributed by atoms with Crippen LogP contribution >= 0.6 is 0 Å². The van der Waals surface area contributed by atoms with Crippen LogP contribution in [0.1, 0.15) is 27.2 Å². The van der Waals surface area contributed by atoms with Gasteiger partial charge in [-0.3, -0.25) is 4.98 Å². The fraction of sp³-hybridized carbons (Fsp3) is 0.200. The highest BCUT2D eigenvalue weighted by atomic mass is 16.5. The highest BCUT2D eigenvalue weighted by Crippen LogP contribution is 2.13. The van der Waals surface area contributed by atoms with Crippen LogP contribution in [0.3, 0.4) is 0 Å². The van der Waals surface area contributed by atoms with Gasteiger partial charge in [-0.25, -0.2) is 4.79 Å². The van der Waals surface area contributed by atoms with E-state index in [4.69, 9.17) is 4.74 Å². The van der Waals surface area contributed by atoms with E-state index in [2.05, 4.69) is 17.1 Å². The molecule has 0 radical (unpaired) electrons. The number of carbonyl (C=O) groups is 1. The molecule has 1 aromatic carbocycles. The zero-order chi connectivity index (χ0) is 13.0. The molecule has 0 saturated heterocycles. The summed E-state index contributed by atoms with van der Waals surface area (Å²) in [6.07, 6.45) is 2.32. The number of methoxy groups -OCH3 is 1. The van der Waals surface area contributed by atoms with Gasteiger partial charge in [0, 0.05) is 12.6 Å². The minimum atomic E-state index is -0.342. The molecular weight excluding hydrogens is 226 g/mol. The molecule has 0 bridgehead atoms. The Morgan fingerprint density at radius 2 is 1.94 bits per heavy atom. The molecule has 3 nitrogen and oxygen atoms in total. The van der Waals surface area contributed by atoms with E-state index < -0.39 is 0 Å². The number of hydrogen-bond donors (Lipinski definition) is 0. The first kappa shape index (κ1) is 12.3. The summed E-state index contributed by atoms with van der Waals surface area (Å²) < 4.78 is 4.75. The van der Waals surface area contributed by atoms with Crippen LogP contribution in [0, 0.1) is 6.92 Å². The number of rotatable bonds is 3. The van der Waals surface area contributed by atoms with Gasteiger partial charge >= 0.3 is 5.97 Å². The van der Waals surface area contributed by atoms with Crippen molar-refractivity contribution >= 4 is 5.97 Å². The third-order valence-corrected chi connectivity index (χ3v) is 2.79. The highest BCUT2D eigenvalue weighted by Gasteiger charge is 2.12. The fourth-order valence-corrected chi connectivity index (χ4v) is 1.77. The Hall–Kier alpha value is -2.16. The third-order valence-electron chi connectivity index (χ3n) is 2.79. The van der Waals surface area contributed by atoms with Crippen molar-refractivity contribution in [2.24, 2.45) is 0 Å². The summed E-state index contributed by atoms with van der Waals surface area (Å²) in [5.74, 6) is -0.342. The molecule has 2 rings (SSSR count). The van der Waals surface area contributed by atoms with Gasteiger partial charge in [-0.2, -0.15) is 0 Å². The van der Waals surface area contributed by atoms with Crippen molar-refractivity contribution in [3.05, 3.63) is 65.0 Å². The second-order valence-electron chi connectivity index (χ2n) is 4.15. The molecule has 18 heavy (non-hydrogen) atoms. The van der Waals surface area contributed by atoms with Gasteiger partial charge in [-0.05, 0) is 24.6 Å². The Bertz CT molecular complexity index is 547. The van der Waals surface area contributed by atoms with Crippen LogP contribution in [0.15, 0.2) is 42.6 Å². The maximum atomic E-state index is 11.6. The zero-order valence-corrected chi connectivity index (χ0v) is 10.5. The first-order valence-electron chi connectivity index (χ1n) is 5.78. The SMILES string of the molecule is COC(=O)c1cccnc1Cc1ccc(C)cc1. The zero-order valence-electron chi connectivity index (χ0n) is 10.5. The van der Waals surface area contributed by atoms with Gasteiger partial charge in [0.25, 0.3) is 0 Å². The molecule has 0 saturated carbocycles. The van der Waals surface area contributed by atoms with Crippen LogP contribution in [-0.2, 0) is 11.2 Å². The van der Waals surface area contributed by atoms with Crippen molar-refractivity contribution in [1.29, 1.82) is 0 Å². The van der Waals surface area contributed by atoms with Gasteiger partial charge in [-0.15, -0.1) is 0 Å². The maximum Gasteiger partial charge on any atom is 0.339 e. The number of ether oxygens (including phenoxy) is 1. The molecule has 2 aromatic rings. The summed E-state index contributed by atoms with van der Waals surface area (Å²) in [4.78, 5) is 15.9. The fourth-order valence-electron chi connectivity index (χ4n) is 1.77. The number of nitrogens with zero attached hydrogens (tertiary/aromatic N) is 1. The topological polar surface area (TPSA) is 39.2 Å². The summed E-state index contributed by atoms with van der Waals surface area (Å²) in [5.41, 5.74) is 3.62. The van der Waals surface area contributed by atoms with Crippen molar-refractivity contribution in [2.75, 3.05) is 7.11 Å². The van der Waals surface area contributed by atoms with Gasteiger partial charge in [0.2, 0.25) is 0 Å². The molecule has 1 aromatic heterocycles. The quantitative estimate of drug-likeness (QED) is 0.776. The number of pyridine rings is 1. The first-order valence-corrected chi connectivity index (χ1v) is 5.78. The van der Waals surface area contributed by atoms with Crippen LogP contribution in [0.2, 0.25) is 0 Å². The molecule has 0 atom stereocenters. The smallest absolute Gasteiger partial charge is 0.339 e. The second kappa shape index (κ2) is 5.45. The van der Waals surface area contributed by atoms with Crippen molar-refractivity contribution in [3.8, 4) is 0 Å². The number of benzene rings is 1. The van der Waals surface area contributed by atoms with Gasteiger partial charge in [-0.1, -0.05) is 29.8 Å². The lowest BCUT2D eigenvalue weighted by Crippen LogP contribution is -2.07. The number of esters is 1. The van der Waals surface area contributed by atoms with Crippen LogP contribution in [0.25, 0.3) is 0 Å². The number of carbonyl (C=O) groups excluding carboxylic acids is 1. The lowest BCUT2D eigenvalue weighted by molar-refractivity contribution is 0.0599. The Labute approximate surface area is 106 Å². The molecule has 0 N–H and O–H groups in total. The molecule has 0 amide bonds. The van der Waals surface area contributed by atoms with E-state index in [1.54, 1.807) is 18.3 Å². The predicted molar refractivity (Wildman–Crippen MR) is 69.6 cm³/mol. The van der Waals surface area contributed by atoms with E-state index in [0.717, 1.165) is 11.3 Å². The molecular formula is C15H15NO2. The van der Waals surface area contributed by atoms with Crippen molar-refractivity contribution < 1.29 is 9.53 Å². The van der Waals surface area contributed by atoms with E-state index in [1.165, 1.54) is 12.7 Å². The molecule has 3 heteroatoms. The van der Waals surface area contributed by atoms with E-state index >= 15 is 0 Å². The maximum absolute atomic E-state index is 11.6. The van der Waals surface area contributed by atoms with Gasteiger partial charge < -0.3 is 4.74 Å². The molecule has 0 aliphatic heterocycles. The van der Waals surface area contributed by atoms with Gasteiger partial charge in [0.05, 0.1) is 18.4 Å². The number of aryl methyl sites for hydroxylation is 1. The predicted octanol–water partition coefficient (Wildman–Crippen LogP) is 2.77. The molecule has 0 aliphatic carbocycles. The summed E-state index contributed by atoms with van der Waals surface area (Å²) in [5, 5.41) is 0. The first-order chi connectivity index (χ1) is 8.70. The molecule has 0 unspecified atom stereocenters. The van der Waals surface area contributed by atoms with E-state index in [9.17, 15) is 4.79 Å². The van der Waals surface area contributed by atoms with E-state index in [-0.39, 0.29) is 5.97 Å². The molecule has 0 aliphatic rings. The Morgan fingerprint density at radius 1 is 1.22 bits per heavy atom. The van der Waals surface area contributed by atoms with Crippen LogP contribution in [0.5, 0.6) is 0 Å². The van der Waals surface area contributed by atoms with Crippen LogP contribution in [-0.4, -0.2) is 18.1 Å². The number of aromatic nitrogens is 1. The lowest BCUT2D eigenvalue weighted by atomic mass is 10.0. The third kappa shape index (κ3) is 2.74. The van der Waals surface area contributed by atoms with Gasteiger partial charge in [0.1, 0.15) is 0 Å². The van der Waals surface area contributed by atoms with Crippen LogP contribution in [0.4, 0.5) is 0 Å². The van der Waals surface area contributed by atoms with Gasteiger partial charge in [0.15, 0.2) is 0 Å². The van der Waals surface area contributed by atoms with Crippen molar-refractivity contribution in [3.63, 3.8) is 0 Å². The Morgan fingerprint density at radius 3 is 2.61 bits per heavy atom.